The Hall–Kier alpha value is -1.24. The molecule has 5 nitrogen and oxygen atoms in total. The Kier molecular flexibility index (Phi) is 3.15. The molecule has 3 heterocycles. The largest absolute Gasteiger partial charge is 0.314 e. The maximum absolute atomic E-state index is 11.9. The minimum absolute atomic E-state index is 0.0206. The van der Waals surface area contributed by atoms with Crippen LogP contribution in [0.5, 0.6) is 0 Å². The zero-order chi connectivity index (χ0) is 12.5. The van der Waals surface area contributed by atoms with Gasteiger partial charge in [0.1, 0.15) is 10.5 Å². The van der Waals surface area contributed by atoms with Gasteiger partial charge in [-0.25, -0.2) is 4.98 Å². The molecule has 96 valence electrons. The summed E-state index contributed by atoms with van der Waals surface area (Å²) in [6.07, 6.45) is 0. The van der Waals surface area contributed by atoms with Crippen LogP contribution in [0.25, 0.3) is 10.2 Å². The number of hydrogen-bond acceptors (Lipinski definition) is 5. The van der Waals surface area contributed by atoms with Gasteiger partial charge in [0.15, 0.2) is 0 Å². The Morgan fingerprint density at radius 1 is 1.61 bits per heavy atom. The van der Waals surface area contributed by atoms with Gasteiger partial charge in [-0.15, -0.1) is 11.3 Å². The molecule has 0 aromatic carbocycles. The minimum atomic E-state index is -0.0206. The molecule has 0 bridgehead atoms. The Labute approximate surface area is 109 Å². The SMILES string of the molecule is C[C@@H]1CNCCN1Cc1nc2ccsc2c(=O)[nH]1. The number of thiophene rings is 1. The predicted octanol–water partition coefficient (Wildman–Crippen LogP) is 0.778. The fraction of sp³-hybridized carbons (Fsp3) is 0.500. The second-order valence-electron chi connectivity index (χ2n) is 4.67. The molecule has 1 fully saturated rings. The zero-order valence-corrected chi connectivity index (χ0v) is 11.1. The Balaban J connectivity index is 1.87. The Bertz CT molecular complexity index is 605. The molecule has 0 unspecified atom stereocenters. The first-order valence-electron chi connectivity index (χ1n) is 6.15. The molecular formula is C12H16N4OS. The van der Waals surface area contributed by atoms with Crippen molar-refractivity contribution in [2.24, 2.45) is 0 Å². The van der Waals surface area contributed by atoms with Crippen LogP contribution in [-0.4, -0.2) is 40.5 Å². The predicted molar refractivity (Wildman–Crippen MR) is 73.0 cm³/mol. The summed E-state index contributed by atoms with van der Waals surface area (Å²) >= 11 is 1.44. The summed E-state index contributed by atoms with van der Waals surface area (Å²) in [6, 6.07) is 2.38. The lowest BCUT2D eigenvalue weighted by molar-refractivity contribution is 0.162. The highest BCUT2D eigenvalue weighted by Crippen LogP contribution is 2.14. The second kappa shape index (κ2) is 4.79. The Morgan fingerprint density at radius 2 is 2.50 bits per heavy atom. The number of hydrogen-bond donors (Lipinski definition) is 2. The first-order chi connectivity index (χ1) is 8.74. The number of fused-ring (bicyclic) bond motifs is 1. The van der Waals surface area contributed by atoms with Gasteiger partial charge in [-0.2, -0.15) is 0 Å². The van der Waals surface area contributed by atoms with E-state index in [1.807, 2.05) is 11.4 Å². The van der Waals surface area contributed by atoms with Crippen molar-refractivity contribution in [2.75, 3.05) is 19.6 Å². The van der Waals surface area contributed by atoms with Crippen molar-refractivity contribution in [2.45, 2.75) is 19.5 Å². The summed E-state index contributed by atoms with van der Waals surface area (Å²) < 4.78 is 0.715. The molecule has 2 aromatic heterocycles. The number of nitrogens with one attached hydrogen (secondary N) is 2. The Morgan fingerprint density at radius 3 is 3.33 bits per heavy atom. The van der Waals surface area contributed by atoms with Crippen LogP contribution in [0.3, 0.4) is 0 Å². The average Bonchev–Trinajstić information content (AvgIpc) is 2.81. The van der Waals surface area contributed by atoms with E-state index in [9.17, 15) is 4.79 Å². The average molecular weight is 264 g/mol. The standard InChI is InChI=1S/C12H16N4OS/c1-8-6-13-3-4-16(8)7-10-14-9-2-5-18-11(9)12(17)15-10/h2,5,8,13H,3-4,6-7H2,1H3,(H,14,15,17)/t8-/m1/s1. The molecule has 2 aromatic rings. The van der Waals surface area contributed by atoms with Gasteiger partial charge in [0.05, 0.1) is 12.1 Å². The van der Waals surface area contributed by atoms with Crippen LogP contribution in [0, 0.1) is 0 Å². The van der Waals surface area contributed by atoms with Gasteiger partial charge in [-0.3, -0.25) is 9.69 Å². The molecule has 0 aliphatic carbocycles. The molecule has 1 aliphatic rings. The zero-order valence-electron chi connectivity index (χ0n) is 10.3. The quantitative estimate of drug-likeness (QED) is 0.841. The molecule has 0 radical (unpaired) electrons. The van der Waals surface area contributed by atoms with E-state index in [1.165, 1.54) is 11.3 Å². The molecule has 18 heavy (non-hydrogen) atoms. The van der Waals surface area contributed by atoms with Crippen molar-refractivity contribution in [1.82, 2.24) is 20.2 Å². The van der Waals surface area contributed by atoms with E-state index in [0.717, 1.165) is 31.0 Å². The van der Waals surface area contributed by atoms with Crippen molar-refractivity contribution < 1.29 is 0 Å². The van der Waals surface area contributed by atoms with Crippen molar-refractivity contribution in [3.05, 3.63) is 27.6 Å². The van der Waals surface area contributed by atoms with E-state index in [2.05, 4.69) is 27.1 Å². The third kappa shape index (κ3) is 2.19. The van der Waals surface area contributed by atoms with Gasteiger partial charge < -0.3 is 10.3 Å². The van der Waals surface area contributed by atoms with E-state index in [1.54, 1.807) is 0 Å². The number of piperazine rings is 1. The van der Waals surface area contributed by atoms with Crippen LogP contribution in [-0.2, 0) is 6.54 Å². The van der Waals surface area contributed by atoms with Crippen molar-refractivity contribution in [3.8, 4) is 0 Å². The van der Waals surface area contributed by atoms with Crippen LogP contribution in [0.15, 0.2) is 16.2 Å². The van der Waals surface area contributed by atoms with E-state index in [-0.39, 0.29) is 5.56 Å². The molecule has 0 amide bonds. The lowest BCUT2D eigenvalue weighted by Crippen LogP contribution is -2.49. The number of aromatic nitrogens is 2. The van der Waals surface area contributed by atoms with Gasteiger partial charge >= 0.3 is 0 Å². The summed E-state index contributed by atoms with van der Waals surface area (Å²) in [5.74, 6) is 0.764. The topological polar surface area (TPSA) is 61.0 Å². The summed E-state index contributed by atoms with van der Waals surface area (Å²) in [5, 5.41) is 5.26. The molecule has 1 atom stereocenters. The fourth-order valence-corrected chi connectivity index (χ4v) is 3.03. The molecule has 1 aliphatic heterocycles. The maximum atomic E-state index is 11.9. The highest BCUT2D eigenvalue weighted by atomic mass is 32.1. The molecule has 1 saturated heterocycles. The van der Waals surface area contributed by atoms with E-state index in [0.29, 0.717) is 17.3 Å². The number of aromatic amines is 1. The summed E-state index contributed by atoms with van der Waals surface area (Å²) in [5.41, 5.74) is 0.786. The smallest absolute Gasteiger partial charge is 0.268 e. The lowest BCUT2D eigenvalue weighted by Gasteiger charge is -2.33. The third-order valence-corrected chi connectivity index (χ3v) is 4.26. The van der Waals surface area contributed by atoms with Crippen molar-refractivity contribution >= 4 is 21.6 Å². The number of rotatable bonds is 2. The number of H-pyrrole nitrogens is 1. The van der Waals surface area contributed by atoms with Gasteiger partial charge in [-0.1, -0.05) is 0 Å². The molecule has 2 N–H and O–H groups in total. The minimum Gasteiger partial charge on any atom is -0.314 e. The van der Waals surface area contributed by atoms with Crippen molar-refractivity contribution in [3.63, 3.8) is 0 Å². The molecule has 6 heteroatoms. The van der Waals surface area contributed by atoms with Crippen LogP contribution >= 0.6 is 11.3 Å². The highest BCUT2D eigenvalue weighted by Gasteiger charge is 2.19. The summed E-state index contributed by atoms with van der Waals surface area (Å²) in [6.45, 7) is 5.88. The van der Waals surface area contributed by atoms with Gasteiger partial charge in [0, 0.05) is 25.7 Å². The highest BCUT2D eigenvalue weighted by molar-refractivity contribution is 7.17. The van der Waals surface area contributed by atoms with Gasteiger partial charge in [0.25, 0.3) is 5.56 Å². The first kappa shape index (κ1) is 11.8. The second-order valence-corrected chi connectivity index (χ2v) is 5.59. The summed E-state index contributed by atoms with van der Waals surface area (Å²) in [7, 11) is 0. The normalized spacial score (nSPS) is 21.5. The molecule has 0 saturated carbocycles. The van der Waals surface area contributed by atoms with Crippen LogP contribution in [0.1, 0.15) is 12.7 Å². The lowest BCUT2D eigenvalue weighted by atomic mass is 10.2. The van der Waals surface area contributed by atoms with Gasteiger partial charge in [0.2, 0.25) is 0 Å². The maximum Gasteiger partial charge on any atom is 0.268 e. The van der Waals surface area contributed by atoms with Crippen LogP contribution < -0.4 is 10.9 Å². The molecule has 3 rings (SSSR count). The van der Waals surface area contributed by atoms with Gasteiger partial charge in [-0.05, 0) is 18.4 Å². The van der Waals surface area contributed by atoms with Crippen molar-refractivity contribution in [1.29, 1.82) is 0 Å². The van der Waals surface area contributed by atoms with E-state index < -0.39 is 0 Å². The monoisotopic (exact) mass is 264 g/mol. The third-order valence-electron chi connectivity index (χ3n) is 3.36. The van der Waals surface area contributed by atoms with Crippen LogP contribution in [0.2, 0.25) is 0 Å². The molecule has 0 spiro atoms. The molecular weight excluding hydrogens is 248 g/mol. The van der Waals surface area contributed by atoms with E-state index >= 15 is 0 Å². The van der Waals surface area contributed by atoms with E-state index in [4.69, 9.17) is 0 Å². The number of nitrogens with zero attached hydrogens (tertiary/aromatic N) is 2. The summed E-state index contributed by atoms with van der Waals surface area (Å²) in [4.78, 5) is 21.6. The first-order valence-corrected chi connectivity index (χ1v) is 7.03. The van der Waals surface area contributed by atoms with Crippen LogP contribution in [0.4, 0.5) is 0 Å². The fourth-order valence-electron chi connectivity index (χ4n) is 2.31.